The Hall–Kier alpha value is -7.71. The fourth-order valence-electron chi connectivity index (χ4n) is 10.1. The summed E-state index contributed by atoms with van der Waals surface area (Å²) in [5.74, 6) is -2.58. The summed E-state index contributed by atoms with van der Waals surface area (Å²) in [5.41, 5.74) is 2.69. The number of ether oxygens (including phenoxy) is 1. The first kappa shape index (κ1) is 48.9. The van der Waals surface area contributed by atoms with Gasteiger partial charge in [0, 0.05) is 48.8 Å². The number of para-hydroxylation sites is 1. The number of imide groups is 1. The van der Waals surface area contributed by atoms with Crippen LogP contribution in [0.5, 0.6) is 5.75 Å². The lowest BCUT2D eigenvalue weighted by atomic mass is 9.92. The minimum Gasteiger partial charge on any atom is -0.494 e. The van der Waals surface area contributed by atoms with Crippen molar-refractivity contribution < 1.29 is 47.0 Å². The summed E-state index contributed by atoms with van der Waals surface area (Å²) >= 11 is 1.36. The smallest absolute Gasteiger partial charge is 0.417 e. The number of alkyl halides is 3. The first-order chi connectivity index (χ1) is 35.1. The molecule has 1 atom stereocenters. The first-order valence-electron chi connectivity index (χ1n) is 24.1. The number of carbonyl (C=O) groups excluding carboxylic acids is 4. The molecule has 73 heavy (non-hydrogen) atoms. The predicted molar refractivity (Wildman–Crippen MR) is 269 cm³/mol. The minimum absolute atomic E-state index is 0.00520. The minimum atomic E-state index is -4.84. The molecular weight excluding hydrogens is 964 g/mol. The van der Waals surface area contributed by atoms with Crippen molar-refractivity contribution >= 4 is 78.7 Å². The Bertz CT molecular complexity index is 3280. The lowest BCUT2D eigenvalue weighted by Gasteiger charge is -2.31. The van der Waals surface area contributed by atoms with Crippen LogP contribution in [0.3, 0.4) is 0 Å². The summed E-state index contributed by atoms with van der Waals surface area (Å²) in [6.07, 6.45) is -0.613. The predicted octanol–water partition coefficient (Wildman–Crippen LogP) is 8.81. The van der Waals surface area contributed by atoms with Gasteiger partial charge in [-0.3, -0.25) is 39.4 Å². The third-order valence-corrected chi connectivity index (χ3v) is 14.8. The quantitative estimate of drug-likeness (QED) is 0.0597. The van der Waals surface area contributed by atoms with Gasteiger partial charge in [0.15, 0.2) is 10.8 Å². The zero-order valence-corrected chi connectivity index (χ0v) is 40.4. The van der Waals surface area contributed by atoms with Gasteiger partial charge < -0.3 is 20.1 Å². The number of piperidine rings is 2. The highest BCUT2D eigenvalue weighted by Crippen LogP contribution is 2.41. The number of thiazole rings is 1. The second-order valence-corrected chi connectivity index (χ2v) is 19.7. The number of rotatable bonds is 14. The van der Waals surface area contributed by atoms with Crippen LogP contribution in [-0.4, -0.2) is 92.1 Å². The fraction of sp³-hybridized carbons (Fsp3) is 0.321. The number of aromatic carboxylic acids is 1. The van der Waals surface area contributed by atoms with E-state index < -0.39 is 29.3 Å². The highest BCUT2D eigenvalue weighted by atomic mass is 32.1. The summed E-state index contributed by atoms with van der Waals surface area (Å²) in [6, 6.07) is 24.8. The Morgan fingerprint density at radius 3 is 2.48 bits per heavy atom. The van der Waals surface area contributed by atoms with Gasteiger partial charge in [-0.05, 0) is 135 Å². The van der Waals surface area contributed by atoms with Gasteiger partial charge in [-0.2, -0.15) is 18.3 Å². The summed E-state index contributed by atoms with van der Waals surface area (Å²) in [7, 11) is 1.77. The van der Waals surface area contributed by atoms with Crippen molar-refractivity contribution in [1.82, 2.24) is 30.0 Å². The van der Waals surface area contributed by atoms with Crippen LogP contribution in [0, 0.1) is 5.92 Å². The standard InChI is InChI=1S/C53H50F3N9O7S/c1-63-42-26-32(11-13-37(42)47(62-63)38-16-18-45(66)60-50(38)69)57-46(67)29-64-22-19-30(20-23-64)6-5-25-72-33-12-14-34(40(27-33)53(54,55)56)35-15-17-44(59-48(35)51(70)71)65-24-21-31-7-4-8-36(39(31)28-65)49(68)61-52-58-41-9-2-3-10-43(41)73-52/h2-4,7-15,17,26-27,30,38H,5-6,16,18-25,28-29H2,1H3,(H,57,67)(H,70,71)(H,58,61,68)(H,60,66,69). The first-order valence-corrected chi connectivity index (χ1v) is 24.9. The van der Waals surface area contributed by atoms with E-state index in [0.717, 1.165) is 57.6 Å². The Labute approximate surface area is 420 Å². The molecule has 3 aliphatic rings. The van der Waals surface area contributed by atoms with E-state index in [1.807, 2.05) is 53.4 Å². The summed E-state index contributed by atoms with van der Waals surface area (Å²) in [6.45, 7) is 2.45. The molecule has 3 aliphatic heterocycles. The molecule has 2 saturated heterocycles. The number of nitrogens with zero attached hydrogens (tertiary/aromatic N) is 6. The summed E-state index contributed by atoms with van der Waals surface area (Å²) in [5, 5.41) is 24.4. The number of fused-ring (bicyclic) bond motifs is 3. The molecule has 1 unspecified atom stereocenters. The number of anilines is 3. The van der Waals surface area contributed by atoms with Gasteiger partial charge in [0.05, 0.1) is 46.1 Å². The number of carbonyl (C=O) groups is 5. The topological polar surface area (TPSA) is 201 Å². The third kappa shape index (κ3) is 10.6. The zero-order chi connectivity index (χ0) is 51.0. The molecular formula is C53H50F3N9O7S. The number of likely N-dealkylation sites (tertiary alicyclic amines) is 1. The van der Waals surface area contributed by atoms with E-state index in [9.17, 15) is 42.3 Å². The van der Waals surface area contributed by atoms with Crippen LogP contribution in [0.25, 0.3) is 32.2 Å². The zero-order valence-electron chi connectivity index (χ0n) is 39.6. The number of amides is 4. The Morgan fingerprint density at radius 1 is 0.890 bits per heavy atom. The highest BCUT2D eigenvalue weighted by Gasteiger charge is 2.36. The number of carboxylic acid groups (broad SMARTS) is 1. The normalized spacial score (nSPS) is 16.6. The maximum Gasteiger partial charge on any atom is 0.417 e. The summed E-state index contributed by atoms with van der Waals surface area (Å²) < 4.78 is 52.6. The molecule has 0 bridgehead atoms. The Balaban J connectivity index is 0.724. The van der Waals surface area contributed by atoms with Crippen LogP contribution >= 0.6 is 11.3 Å². The SMILES string of the molecule is Cn1nc(C2CCC(=O)NC2=O)c2ccc(NC(=O)CN3CCC(CCCOc4ccc(-c5ccc(N6CCc7cccc(C(=O)Nc8nc9ccccc9s8)c7C6)nc5C(=O)O)c(C(F)(F)F)c4)CC3)cc21. The lowest BCUT2D eigenvalue weighted by Crippen LogP contribution is -2.39. The van der Waals surface area contributed by atoms with Gasteiger partial charge in [-0.25, -0.2) is 14.8 Å². The molecule has 7 aromatic rings. The maximum absolute atomic E-state index is 14.7. The van der Waals surface area contributed by atoms with Gasteiger partial charge in [0.1, 0.15) is 11.6 Å². The van der Waals surface area contributed by atoms with Gasteiger partial charge in [-0.1, -0.05) is 41.7 Å². The Kier molecular flexibility index (Phi) is 13.7. The number of hydrogen-bond acceptors (Lipinski definition) is 12. The van der Waals surface area contributed by atoms with E-state index in [0.29, 0.717) is 66.9 Å². The molecule has 4 amide bonds. The van der Waals surface area contributed by atoms with Crippen LogP contribution in [0.1, 0.15) is 87.7 Å². The maximum atomic E-state index is 14.7. The average Bonchev–Trinajstić information content (AvgIpc) is 3.94. The number of nitrogens with one attached hydrogen (secondary N) is 3. The molecule has 4 N–H and O–H groups in total. The van der Waals surface area contributed by atoms with E-state index >= 15 is 0 Å². The van der Waals surface area contributed by atoms with Crippen LogP contribution in [0.4, 0.5) is 29.8 Å². The number of benzene rings is 4. The van der Waals surface area contributed by atoms with Gasteiger partial charge in [-0.15, -0.1) is 0 Å². The Morgan fingerprint density at radius 2 is 1.70 bits per heavy atom. The summed E-state index contributed by atoms with van der Waals surface area (Å²) in [4.78, 5) is 76.4. The molecule has 0 radical (unpaired) electrons. The number of carboxylic acids is 1. The molecule has 4 aromatic carbocycles. The van der Waals surface area contributed by atoms with Crippen LogP contribution in [0.15, 0.2) is 91.0 Å². The van der Waals surface area contributed by atoms with Crippen molar-refractivity contribution in [3.8, 4) is 16.9 Å². The van der Waals surface area contributed by atoms with E-state index in [2.05, 4.69) is 35.9 Å². The molecule has 376 valence electrons. The molecule has 10 rings (SSSR count). The van der Waals surface area contributed by atoms with Crippen molar-refractivity contribution in [2.75, 3.05) is 48.3 Å². The van der Waals surface area contributed by atoms with Gasteiger partial charge in [0.2, 0.25) is 17.7 Å². The van der Waals surface area contributed by atoms with Crippen LogP contribution in [-0.2, 0) is 40.6 Å². The number of pyridine rings is 1. The fourth-order valence-corrected chi connectivity index (χ4v) is 11.0. The van der Waals surface area contributed by atoms with Crippen LogP contribution in [0.2, 0.25) is 0 Å². The third-order valence-electron chi connectivity index (χ3n) is 13.9. The monoisotopic (exact) mass is 1010 g/mol. The van der Waals surface area contributed by atoms with Crippen LogP contribution < -0.4 is 25.6 Å². The number of halogens is 3. The van der Waals surface area contributed by atoms with E-state index in [4.69, 9.17) is 4.74 Å². The lowest BCUT2D eigenvalue weighted by molar-refractivity contribution is -0.137. The van der Waals surface area contributed by atoms with E-state index in [1.165, 1.54) is 35.6 Å². The highest BCUT2D eigenvalue weighted by molar-refractivity contribution is 7.22. The second-order valence-electron chi connectivity index (χ2n) is 18.6. The largest absolute Gasteiger partial charge is 0.494 e. The van der Waals surface area contributed by atoms with Gasteiger partial charge in [0.25, 0.3) is 5.91 Å². The van der Waals surface area contributed by atoms with E-state index in [1.54, 1.807) is 23.9 Å². The second kappa shape index (κ2) is 20.4. The van der Waals surface area contributed by atoms with E-state index in [-0.39, 0.29) is 72.4 Å². The van der Waals surface area contributed by atoms with Crippen molar-refractivity contribution in [2.45, 2.75) is 63.6 Å². The molecule has 6 heterocycles. The van der Waals surface area contributed by atoms with Crippen molar-refractivity contribution in [1.29, 1.82) is 0 Å². The van der Waals surface area contributed by atoms with Crippen molar-refractivity contribution in [3.05, 3.63) is 125 Å². The molecule has 0 saturated carbocycles. The molecule has 0 spiro atoms. The average molecular weight is 1010 g/mol. The molecule has 2 fully saturated rings. The molecule has 16 nitrogen and oxygen atoms in total. The van der Waals surface area contributed by atoms with Crippen molar-refractivity contribution in [3.63, 3.8) is 0 Å². The van der Waals surface area contributed by atoms with Gasteiger partial charge >= 0.3 is 12.1 Å². The number of hydrogen-bond donors (Lipinski definition) is 4. The van der Waals surface area contributed by atoms with Crippen molar-refractivity contribution in [2.24, 2.45) is 13.0 Å². The molecule has 0 aliphatic carbocycles. The number of aromatic nitrogens is 4. The number of aryl methyl sites for hydroxylation is 1. The molecule has 3 aromatic heterocycles. The molecule has 20 heteroatoms.